The van der Waals surface area contributed by atoms with Crippen LogP contribution >= 0.6 is 0 Å². The van der Waals surface area contributed by atoms with E-state index in [4.69, 9.17) is 0 Å². The normalized spacial score (nSPS) is 24.4. The van der Waals surface area contributed by atoms with Gasteiger partial charge in [0.2, 0.25) is 0 Å². The van der Waals surface area contributed by atoms with Gasteiger partial charge in [-0.2, -0.15) is 0 Å². The van der Waals surface area contributed by atoms with Gasteiger partial charge in [0.05, 0.1) is 7.05 Å². The fraction of sp³-hybridized carbons (Fsp3) is 0.600. The van der Waals surface area contributed by atoms with Crippen LogP contribution in [0.15, 0.2) is 24.3 Å². The summed E-state index contributed by atoms with van der Waals surface area (Å²) in [6, 6.07) is 7.98. The zero-order valence-electron chi connectivity index (χ0n) is 15.9. The molecule has 1 aliphatic rings. The lowest BCUT2D eigenvalue weighted by Gasteiger charge is -2.34. The van der Waals surface area contributed by atoms with E-state index in [2.05, 4.69) is 24.5 Å². The average molecular weight is 346 g/mol. The third-order valence-corrected chi connectivity index (χ3v) is 5.31. The molecule has 1 saturated carbocycles. The SMILES string of the molecule is Cc1ccc(NC(=O)C[NH+](C)CC(=O)N[C@H]2CCC[C@H](C)[C@@H]2C)cc1. The fourth-order valence-electron chi connectivity index (χ4n) is 3.50. The molecule has 0 radical (unpaired) electrons. The van der Waals surface area contributed by atoms with Crippen LogP contribution in [0.25, 0.3) is 0 Å². The summed E-state index contributed by atoms with van der Waals surface area (Å²) >= 11 is 0. The molecular weight excluding hydrogens is 314 g/mol. The van der Waals surface area contributed by atoms with Crippen molar-refractivity contribution in [2.45, 2.75) is 46.1 Å². The van der Waals surface area contributed by atoms with Crippen LogP contribution in [0.3, 0.4) is 0 Å². The molecule has 25 heavy (non-hydrogen) atoms. The fourth-order valence-corrected chi connectivity index (χ4v) is 3.50. The zero-order chi connectivity index (χ0) is 18.4. The van der Waals surface area contributed by atoms with E-state index < -0.39 is 0 Å². The predicted octanol–water partition coefficient (Wildman–Crippen LogP) is 1.39. The standard InChI is InChI=1S/C20H31N3O2/c1-14-8-10-17(11-9-14)21-19(24)12-23(4)13-20(25)22-18-7-5-6-15(2)16(18)3/h8-11,15-16,18H,5-7,12-13H2,1-4H3,(H,21,24)(H,22,25)/p+1/t15-,16-,18-/m0/s1. The van der Waals surface area contributed by atoms with Crippen molar-refractivity contribution >= 4 is 17.5 Å². The maximum atomic E-state index is 12.3. The van der Waals surface area contributed by atoms with Crippen LogP contribution in [-0.2, 0) is 9.59 Å². The van der Waals surface area contributed by atoms with Crippen molar-refractivity contribution in [1.29, 1.82) is 0 Å². The van der Waals surface area contributed by atoms with Gasteiger partial charge in [-0.1, -0.05) is 44.4 Å². The Balaban J connectivity index is 1.75. The van der Waals surface area contributed by atoms with E-state index in [-0.39, 0.29) is 24.4 Å². The van der Waals surface area contributed by atoms with Crippen molar-refractivity contribution in [3.05, 3.63) is 29.8 Å². The lowest BCUT2D eigenvalue weighted by Crippen LogP contribution is -3.11. The molecule has 2 rings (SSSR count). The first kappa shape index (κ1) is 19.4. The van der Waals surface area contributed by atoms with Gasteiger partial charge in [-0.3, -0.25) is 9.59 Å². The Labute approximate surface area is 151 Å². The van der Waals surface area contributed by atoms with Crippen molar-refractivity contribution in [2.24, 2.45) is 11.8 Å². The van der Waals surface area contributed by atoms with Crippen molar-refractivity contribution in [3.63, 3.8) is 0 Å². The molecule has 5 nitrogen and oxygen atoms in total. The maximum Gasteiger partial charge on any atom is 0.279 e. The van der Waals surface area contributed by atoms with Crippen LogP contribution in [0, 0.1) is 18.8 Å². The van der Waals surface area contributed by atoms with Crippen LogP contribution < -0.4 is 15.5 Å². The molecule has 2 amide bonds. The predicted molar refractivity (Wildman–Crippen MR) is 101 cm³/mol. The number of rotatable bonds is 6. The highest BCUT2D eigenvalue weighted by atomic mass is 16.2. The summed E-state index contributed by atoms with van der Waals surface area (Å²) in [5.41, 5.74) is 1.95. The van der Waals surface area contributed by atoms with Crippen LogP contribution in [-0.4, -0.2) is 38.0 Å². The van der Waals surface area contributed by atoms with E-state index >= 15 is 0 Å². The molecule has 1 aromatic carbocycles. The van der Waals surface area contributed by atoms with E-state index in [1.807, 2.05) is 38.2 Å². The van der Waals surface area contributed by atoms with Gasteiger partial charge in [0.25, 0.3) is 11.8 Å². The highest BCUT2D eigenvalue weighted by Gasteiger charge is 2.28. The maximum absolute atomic E-state index is 12.3. The van der Waals surface area contributed by atoms with Gasteiger partial charge in [0.15, 0.2) is 13.1 Å². The number of aryl methyl sites for hydroxylation is 1. The summed E-state index contributed by atoms with van der Waals surface area (Å²) in [7, 11) is 1.88. The zero-order valence-corrected chi connectivity index (χ0v) is 15.9. The second kappa shape index (κ2) is 8.99. The Morgan fingerprint density at radius 3 is 2.40 bits per heavy atom. The first-order valence-corrected chi connectivity index (χ1v) is 9.32. The highest BCUT2D eigenvalue weighted by molar-refractivity contribution is 5.91. The number of likely N-dealkylation sites (N-methyl/N-ethyl adjacent to an activating group) is 1. The smallest absolute Gasteiger partial charge is 0.279 e. The first-order chi connectivity index (χ1) is 11.8. The lowest BCUT2D eigenvalue weighted by molar-refractivity contribution is -0.862. The molecule has 1 aromatic rings. The van der Waals surface area contributed by atoms with E-state index in [1.54, 1.807) is 0 Å². The van der Waals surface area contributed by atoms with E-state index in [9.17, 15) is 9.59 Å². The summed E-state index contributed by atoms with van der Waals surface area (Å²) in [4.78, 5) is 25.3. The molecule has 0 heterocycles. The molecule has 0 aliphatic heterocycles. The number of nitrogens with one attached hydrogen (secondary N) is 3. The Hall–Kier alpha value is -1.88. The van der Waals surface area contributed by atoms with Crippen molar-refractivity contribution in [3.8, 4) is 0 Å². The van der Waals surface area contributed by atoms with Gasteiger partial charge in [-0.05, 0) is 37.3 Å². The van der Waals surface area contributed by atoms with E-state index in [0.717, 1.165) is 22.6 Å². The van der Waals surface area contributed by atoms with Crippen LogP contribution in [0.1, 0.15) is 38.7 Å². The van der Waals surface area contributed by atoms with Gasteiger partial charge in [-0.15, -0.1) is 0 Å². The van der Waals surface area contributed by atoms with Crippen molar-refractivity contribution in [1.82, 2.24) is 5.32 Å². The molecule has 0 bridgehead atoms. The molecule has 1 unspecified atom stereocenters. The molecule has 3 N–H and O–H groups in total. The molecule has 1 aliphatic carbocycles. The Morgan fingerprint density at radius 2 is 1.72 bits per heavy atom. The number of hydrogen-bond donors (Lipinski definition) is 3. The van der Waals surface area contributed by atoms with Crippen molar-refractivity contribution in [2.75, 3.05) is 25.5 Å². The minimum atomic E-state index is -0.0752. The summed E-state index contributed by atoms with van der Waals surface area (Å²) in [6.45, 7) is 7.09. The first-order valence-electron chi connectivity index (χ1n) is 9.32. The number of carbonyl (C=O) groups excluding carboxylic acids is 2. The second-order valence-corrected chi connectivity index (χ2v) is 7.67. The van der Waals surface area contributed by atoms with Crippen LogP contribution in [0.4, 0.5) is 5.69 Å². The third kappa shape index (κ3) is 6.16. The van der Waals surface area contributed by atoms with Gasteiger partial charge in [0.1, 0.15) is 0 Å². The highest BCUT2D eigenvalue weighted by Crippen LogP contribution is 2.29. The Kier molecular flexibility index (Phi) is 7.00. The van der Waals surface area contributed by atoms with Gasteiger partial charge < -0.3 is 15.5 Å². The molecule has 0 aromatic heterocycles. The van der Waals surface area contributed by atoms with Gasteiger partial charge >= 0.3 is 0 Å². The largest absolute Gasteiger partial charge is 0.348 e. The second-order valence-electron chi connectivity index (χ2n) is 7.67. The van der Waals surface area contributed by atoms with Crippen molar-refractivity contribution < 1.29 is 14.5 Å². The lowest BCUT2D eigenvalue weighted by atomic mass is 9.78. The van der Waals surface area contributed by atoms with E-state index in [0.29, 0.717) is 18.4 Å². The number of anilines is 1. The summed E-state index contributed by atoms with van der Waals surface area (Å²) < 4.78 is 0. The van der Waals surface area contributed by atoms with E-state index in [1.165, 1.54) is 12.8 Å². The minimum absolute atomic E-state index is 0.0339. The molecule has 0 spiro atoms. The molecule has 0 saturated heterocycles. The third-order valence-electron chi connectivity index (χ3n) is 5.31. The van der Waals surface area contributed by atoms with Crippen LogP contribution in [0.2, 0.25) is 0 Å². The molecule has 5 heteroatoms. The molecule has 138 valence electrons. The number of benzene rings is 1. The van der Waals surface area contributed by atoms with Crippen LogP contribution in [0.5, 0.6) is 0 Å². The Bertz CT molecular complexity index is 585. The van der Waals surface area contributed by atoms with Gasteiger partial charge in [-0.25, -0.2) is 0 Å². The molecule has 4 atom stereocenters. The minimum Gasteiger partial charge on any atom is -0.348 e. The number of quaternary nitrogens is 1. The number of amides is 2. The monoisotopic (exact) mass is 346 g/mol. The summed E-state index contributed by atoms with van der Waals surface area (Å²) in [5, 5.41) is 6.04. The molecular formula is C20H32N3O2+. The summed E-state index contributed by atoms with van der Waals surface area (Å²) in [6.07, 6.45) is 3.49. The quantitative estimate of drug-likeness (QED) is 0.729. The molecule has 1 fully saturated rings. The average Bonchev–Trinajstić information content (AvgIpc) is 2.53. The summed E-state index contributed by atoms with van der Waals surface area (Å²) in [5.74, 6) is 1.13. The number of carbonyl (C=O) groups is 2. The van der Waals surface area contributed by atoms with Gasteiger partial charge in [0, 0.05) is 11.7 Å². The topological polar surface area (TPSA) is 62.6 Å². The number of hydrogen-bond acceptors (Lipinski definition) is 2. The Morgan fingerprint density at radius 1 is 1.08 bits per heavy atom.